The van der Waals surface area contributed by atoms with Crippen LogP contribution in [0, 0.1) is 0 Å². The Kier molecular flexibility index (Phi) is 5.41. The summed E-state index contributed by atoms with van der Waals surface area (Å²) < 4.78 is 5.93. The molecule has 1 saturated carbocycles. The van der Waals surface area contributed by atoms with Crippen molar-refractivity contribution in [2.75, 3.05) is 7.05 Å². The second-order valence-corrected chi connectivity index (χ2v) is 6.83. The van der Waals surface area contributed by atoms with E-state index in [1.807, 2.05) is 37.4 Å². The molecule has 0 saturated heterocycles. The van der Waals surface area contributed by atoms with Gasteiger partial charge in [-0.05, 0) is 30.8 Å². The minimum absolute atomic E-state index is 0.141. The summed E-state index contributed by atoms with van der Waals surface area (Å²) in [6.07, 6.45) is -0.369. The van der Waals surface area contributed by atoms with E-state index in [1.165, 1.54) is 5.56 Å². The van der Waals surface area contributed by atoms with Crippen molar-refractivity contribution in [3.63, 3.8) is 0 Å². The molecule has 2 aromatic rings. The summed E-state index contributed by atoms with van der Waals surface area (Å²) in [6, 6.07) is 17.1. The van der Waals surface area contributed by atoms with E-state index in [4.69, 9.17) is 22.1 Å². The predicted octanol–water partition coefficient (Wildman–Crippen LogP) is 2.68. The number of nitrogens with two attached hydrogens (primary N) is 1. The van der Waals surface area contributed by atoms with Crippen LogP contribution in [0.3, 0.4) is 0 Å². The Labute approximate surface area is 147 Å². The van der Waals surface area contributed by atoms with Gasteiger partial charge in [0.1, 0.15) is 18.0 Å². The first-order chi connectivity index (χ1) is 11.5. The average molecular weight is 347 g/mol. The lowest BCUT2D eigenvalue weighted by Gasteiger charge is -2.30. The molecule has 0 aliphatic heterocycles. The van der Waals surface area contributed by atoms with E-state index in [1.54, 1.807) is 12.1 Å². The molecular weight excluding hydrogens is 324 g/mol. The number of aliphatic hydroxyl groups excluding tert-OH is 1. The molecule has 0 amide bonds. The smallest absolute Gasteiger partial charge is 0.128 e. The van der Waals surface area contributed by atoms with Crippen LogP contribution in [-0.4, -0.2) is 41.3 Å². The van der Waals surface area contributed by atoms with Gasteiger partial charge in [0.15, 0.2) is 0 Å². The van der Waals surface area contributed by atoms with E-state index < -0.39 is 6.10 Å². The van der Waals surface area contributed by atoms with Crippen molar-refractivity contribution in [2.24, 2.45) is 5.73 Å². The molecule has 128 valence electrons. The topological polar surface area (TPSA) is 58.7 Å². The van der Waals surface area contributed by atoms with Crippen LogP contribution in [0.4, 0.5) is 0 Å². The fourth-order valence-corrected chi connectivity index (χ4v) is 3.60. The lowest BCUT2D eigenvalue weighted by molar-refractivity contribution is 0.0137. The fraction of sp³-hybridized carbons (Fsp3) is 0.368. The molecule has 0 aromatic heterocycles. The van der Waals surface area contributed by atoms with Gasteiger partial charge in [0.2, 0.25) is 0 Å². The Bertz CT molecular complexity index is 667. The Balaban J connectivity index is 1.67. The molecular formula is C19H23ClN2O2. The zero-order valence-corrected chi connectivity index (χ0v) is 14.4. The standard InChI is InChI=1S/C19H23ClN2O2/c1-22(12-13-6-3-2-4-7-13)18-16(21)11-17(19(18)23)24-15-9-5-8-14(20)10-15/h2-10,16-19,23H,11-12,21H2,1H3/t16-,17-,18+,19+/m1/s1. The molecule has 0 spiro atoms. The van der Waals surface area contributed by atoms with Gasteiger partial charge >= 0.3 is 0 Å². The Morgan fingerprint density at radius 2 is 1.96 bits per heavy atom. The minimum atomic E-state index is -0.646. The van der Waals surface area contributed by atoms with E-state index in [-0.39, 0.29) is 18.2 Å². The number of rotatable bonds is 5. The van der Waals surface area contributed by atoms with Crippen LogP contribution in [0.25, 0.3) is 0 Å². The number of aliphatic hydroxyl groups is 1. The summed E-state index contributed by atoms with van der Waals surface area (Å²) in [5.41, 5.74) is 7.48. The number of hydrogen-bond donors (Lipinski definition) is 2. The van der Waals surface area contributed by atoms with Gasteiger partial charge in [-0.3, -0.25) is 4.90 Å². The molecule has 3 N–H and O–H groups in total. The van der Waals surface area contributed by atoms with Gasteiger partial charge in [-0.1, -0.05) is 48.0 Å². The third-order valence-corrected chi connectivity index (χ3v) is 4.78. The van der Waals surface area contributed by atoms with E-state index in [2.05, 4.69) is 17.0 Å². The van der Waals surface area contributed by atoms with Crippen LogP contribution < -0.4 is 10.5 Å². The lowest BCUT2D eigenvalue weighted by Crippen LogP contribution is -2.48. The van der Waals surface area contributed by atoms with Crippen molar-refractivity contribution in [1.29, 1.82) is 0 Å². The largest absolute Gasteiger partial charge is 0.488 e. The van der Waals surface area contributed by atoms with Crippen LogP contribution in [0.15, 0.2) is 54.6 Å². The molecule has 24 heavy (non-hydrogen) atoms. The van der Waals surface area contributed by atoms with Crippen LogP contribution in [0.1, 0.15) is 12.0 Å². The minimum Gasteiger partial charge on any atom is -0.488 e. The highest BCUT2D eigenvalue weighted by Gasteiger charge is 2.44. The maximum absolute atomic E-state index is 10.7. The molecule has 2 aromatic carbocycles. The molecule has 1 aliphatic rings. The number of halogens is 1. The van der Waals surface area contributed by atoms with Crippen molar-refractivity contribution in [3.8, 4) is 5.75 Å². The first-order valence-electron chi connectivity index (χ1n) is 8.14. The summed E-state index contributed by atoms with van der Waals surface area (Å²) in [6.45, 7) is 0.736. The predicted molar refractivity (Wildman–Crippen MR) is 96.2 cm³/mol. The van der Waals surface area contributed by atoms with Gasteiger partial charge in [-0.2, -0.15) is 0 Å². The second kappa shape index (κ2) is 7.53. The van der Waals surface area contributed by atoms with E-state index in [0.717, 1.165) is 6.54 Å². The van der Waals surface area contributed by atoms with E-state index >= 15 is 0 Å². The summed E-state index contributed by atoms with van der Waals surface area (Å²) in [5, 5.41) is 11.3. The van der Waals surface area contributed by atoms with Crippen molar-refractivity contribution in [3.05, 3.63) is 65.2 Å². The maximum Gasteiger partial charge on any atom is 0.128 e. The van der Waals surface area contributed by atoms with E-state index in [0.29, 0.717) is 17.2 Å². The summed E-state index contributed by atoms with van der Waals surface area (Å²) in [7, 11) is 1.99. The zero-order valence-electron chi connectivity index (χ0n) is 13.7. The number of hydrogen-bond acceptors (Lipinski definition) is 4. The first kappa shape index (κ1) is 17.2. The summed E-state index contributed by atoms with van der Waals surface area (Å²) in [5.74, 6) is 0.658. The number of ether oxygens (including phenoxy) is 1. The monoisotopic (exact) mass is 346 g/mol. The van der Waals surface area contributed by atoms with Crippen LogP contribution >= 0.6 is 11.6 Å². The maximum atomic E-state index is 10.7. The highest BCUT2D eigenvalue weighted by molar-refractivity contribution is 6.30. The summed E-state index contributed by atoms with van der Waals surface area (Å²) in [4.78, 5) is 2.10. The highest BCUT2D eigenvalue weighted by atomic mass is 35.5. The Hall–Kier alpha value is -1.59. The van der Waals surface area contributed by atoms with Gasteiger partial charge in [0.05, 0.1) is 6.04 Å². The number of nitrogens with zero attached hydrogens (tertiary/aromatic N) is 1. The van der Waals surface area contributed by atoms with Gasteiger partial charge in [-0.25, -0.2) is 0 Å². The average Bonchev–Trinajstić information content (AvgIpc) is 2.82. The molecule has 5 heteroatoms. The van der Waals surface area contributed by atoms with Crippen LogP contribution in [0.2, 0.25) is 5.02 Å². The molecule has 4 atom stereocenters. The third kappa shape index (κ3) is 3.90. The normalized spacial score (nSPS) is 26.7. The second-order valence-electron chi connectivity index (χ2n) is 6.40. The number of likely N-dealkylation sites (N-methyl/N-ethyl adjacent to an activating group) is 1. The quantitative estimate of drug-likeness (QED) is 0.874. The van der Waals surface area contributed by atoms with Crippen molar-refractivity contribution >= 4 is 11.6 Å². The van der Waals surface area contributed by atoms with Crippen LogP contribution in [-0.2, 0) is 6.54 Å². The lowest BCUT2D eigenvalue weighted by atomic mass is 10.1. The summed E-state index contributed by atoms with van der Waals surface area (Å²) >= 11 is 5.99. The van der Waals surface area contributed by atoms with E-state index in [9.17, 15) is 5.11 Å². The van der Waals surface area contributed by atoms with Gasteiger partial charge in [-0.15, -0.1) is 0 Å². The van der Waals surface area contributed by atoms with Crippen LogP contribution in [0.5, 0.6) is 5.75 Å². The molecule has 0 heterocycles. The molecule has 4 nitrogen and oxygen atoms in total. The number of benzene rings is 2. The SMILES string of the molecule is CN(Cc1ccccc1)[C@@H]1[C@@H](O)[C@H](Oc2cccc(Cl)c2)C[C@H]1N. The molecule has 1 aliphatic carbocycles. The first-order valence-corrected chi connectivity index (χ1v) is 8.52. The van der Waals surface area contributed by atoms with Crippen molar-refractivity contribution in [2.45, 2.75) is 37.3 Å². The molecule has 0 bridgehead atoms. The van der Waals surface area contributed by atoms with Gasteiger partial charge < -0.3 is 15.6 Å². The van der Waals surface area contributed by atoms with Gasteiger partial charge in [0.25, 0.3) is 0 Å². The molecule has 0 unspecified atom stereocenters. The van der Waals surface area contributed by atoms with Crippen molar-refractivity contribution in [1.82, 2.24) is 4.90 Å². The molecule has 3 rings (SSSR count). The highest BCUT2D eigenvalue weighted by Crippen LogP contribution is 2.29. The molecule has 0 radical (unpaired) electrons. The van der Waals surface area contributed by atoms with Crippen molar-refractivity contribution < 1.29 is 9.84 Å². The Morgan fingerprint density at radius 3 is 2.67 bits per heavy atom. The van der Waals surface area contributed by atoms with Gasteiger partial charge in [0, 0.05) is 24.0 Å². The molecule has 1 fully saturated rings. The third-order valence-electron chi connectivity index (χ3n) is 4.54. The Morgan fingerprint density at radius 1 is 1.21 bits per heavy atom. The zero-order chi connectivity index (χ0) is 17.1. The fourth-order valence-electron chi connectivity index (χ4n) is 3.42.